The van der Waals surface area contributed by atoms with Crippen LogP contribution in [0.2, 0.25) is 0 Å². The van der Waals surface area contributed by atoms with Crippen molar-refractivity contribution >= 4 is 37.0 Å². The summed E-state index contributed by atoms with van der Waals surface area (Å²) in [4.78, 5) is 7.37. The van der Waals surface area contributed by atoms with E-state index in [-0.39, 0.29) is 4.90 Å². The zero-order valence-corrected chi connectivity index (χ0v) is 17.5. The van der Waals surface area contributed by atoms with Crippen LogP contribution in [0.3, 0.4) is 0 Å². The molecule has 0 bridgehead atoms. The fourth-order valence-corrected chi connectivity index (χ4v) is 5.33. The Morgan fingerprint density at radius 1 is 1.00 bits per heavy atom. The quantitative estimate of drug-likeness (QED) is 0.472. The lowest BCUT2D eigenvalue weighted by Gasteiger charge is -2.29. The molecule has 7 heteroatoms. The van der Waals surface area contributed by atoms with Gasteiger partial charge < -0.3 is 4.98 Å². The molecule has 0 aliphatic heterocycles. The van der Waals surface area contributed by atoms with Crippen LogP contribution in [-0.2, 0) is 10.0 Å². The first-order valence-corrected chi connectivity index (χ1v) is 10.9. The third-order valence-corrected chi connectivity index (χ3v) is 7.33. The number of aromatic nitrogens is 2. The second-order valence-corrected chi connectivity index (χ2v) is 9.23. The number of nitrogens with one attached hydrogen (secondary N) is 1. The number of benzene rings is 2. The van der Waals surface area contributed by atoms with Crippen LogP contribution in [0.1, 0.15) is 17.2 Å². The van der Waals surface area contributed by atoms with Crippen molar-refractivity contribution in [3.05, 3.63) is 94.7 Å². The molecule has 0 saturated heterocycles. The van der Waals surface area contributed by atoms with E-state index in [4.69, 9.17) is 0 Å². The zero-order valence-electron chi connectivity index (χ0n) is 15.1. The lowest BCUT2D eigenvalue weighted by Crippen LogP contribution is -2.32. The van der Waals surface area contributed by atoms with Crippen LogP contribution in [-0.4, -0.2) is 29.7 Å². The number of H-pyrrole nitrogens is 1. The minimum atomic E-state index is -3.79. The van der Waals surface area contributed by atoms with Gasteiger partial charge in [-0.15, -0.1) is 0 Å². The van der Waals surface area contributed by atoms with Crippen LogP contribution < -0.4 is 0 Å². The summed E-state index contributed by atoms with van der Waals surface area (Å²) in [6.07, 6.45) is 3.14. The molecule has 1 atom stereocenters. The summed E-state index contributed by atoms with van der Waals surface area (Å²) >= 11 is 3.58. The molecule has 2 aromatic carbocycles. The van der Waals surface area contributed by atoms with E-state index in [1.165, 1.54) is 10.5 Å². The van der Waals surface area contributed by atoms with Crippen molar-refractivity contribution in [3.63, 3.8) is 0 Å². The molecule has 4 aromatic rings. The Balaban J connectivity index is 1.88. The van der Waals surface area contributed by atoms with Gasteiger partial charge in [0.2, 0.25) is 10.0 Å². The number of fused-ring (bicyclic) bond motifs is 1. The van der Waals surface area contributed by atoms with Gasteiger partial charge in [0.05, 0.1) is 6.04 Å². The fraction of sp³-hybridized carbons (Fsp3) is 0.0952. The topological polar surface area (TPSA) is 66.1 Å². The molecule has 2 aromatic heterocycles. The highest BCUT2D eigenvalue weighted by Gasteiger charge is 2.33. The predicted octanol–water partition coefficient (Wildman–Crippen LogP) is 4.74. The van der Waals surface area contributed by atoms with Gasteiger partial charge in [-0.3, -0.25) is 0 Å². The highest BCUT2D eigenvalue weighted by molar-refractivity contribution is 9.10. The molecule has 0 amide bonds. The van der Waals surface area contributed by atoms with E-state index < -0.39 is 16.1 Å². The standard InChI is InChI=1S/C21H18BrN3O2S/c1-25(28(26,27)19-14-24-21-17(19)11-7-13-23-21)20(15-8-3-2-4-9-15)16-10-5-6-12-18(16)22/h2-14,20H,1H3,(H,23,24). The third-order valence-electron chi connectivity index (χ3n) is 4.75. The minimum Gasteiger partial charge on any atom is -0.345 e. The molecule has 0 aliphatic carbocycles. The number of aromatic amines is 1. The Kier molecular flexibility index (Phi) is 5.05. The summed E-state index contributed by atoms with van der Waals surface area (Å²) in [5.41, 5.74) is 2.31. The van der Waals surface area contributed by atoms with E-state index in [2.05, 4.69) is 25.9 Å². The van der Waals surface area contributed by atoms with Crippen molar-refractivity contribution < 1.29 is 8.42 Å². The van der Waals surface area contributed by atoms with Gasteiger partial charge in [0.1, 0.15) is 10.5 Å². The monoisotopic (exact) mass is 455 g/mol. The molecular weight excluding hydrogens is 438 g/mol. The van der Waals surface area contributed by atoms with Gasteiger partial charge >= 0.3 is 0 Å². The molecule has 0 radical (unpaired) electrons. The van der Waals surface area contributed by atoms with Crippen molar-refractivity contribution in [3.8, 4) is 0 Å². The van der Waals surface area contributed by atoms with Crippen LogP contribution in [0.4, 0.5) is 0 Å². The number of rotatable bonds is 5. The van der Waals surface area contributed by atoms with Crippen LogP contribution in [0.25, 0.3) is 11.0 Å². The summed E-state index contributed by atoms with van der Waals surface area (Å²) in [5, 5.41) is 0.577. The smallest absolute Gasteiger partial charge is 0.245 e. The van der Waals surface area contributed by atoms with Gasteiger partial charge in [-0.25, -0.2) is 13.4 Å². The number of hydrogen-bond donors (Lipinski definition) is 1. The maximum absolute atomic E-state index is 13.6. The van der Waals surface area contributed by atoms with Crippen LogP contribution in [0.15, 0.2) is 88.5 Å². The first kappa shape index (κ1) is 18.9. The van der Waals surface area contributed by atoms with E-state index in [9.17, 15) is 8.42 Å². The highest BCUT2D eigenvalue weighted by atomic mass is 79.9. The van der Waals surface area contributed by atoms with Gasteiger partial charge in [0.15, 0.2) is 0 Å². The lowest BCUT2D eigenvalue weighted by atomic mass is 9.99. The zero-order chi connectivity index (χ0) is 19.7. The van der Waals surface area contributed by atoms with E-state index in [1.807, 2.05) is 54.6 Å². The van der Waals surface area contributed by atoms with E-state index >= 15 is 0 Å². The van der Waals surface area contributed by atoms with Crippen molar-refractivity contribution in [2.24, 2.45) is 0 Å². The van der Waals surface area contributed by atoms with Crippen LogP contribution >= 0.6 is 15.9 Å². The maximum atomic E-state index is 13.6. The molecule has 2 heterocycles. The molecule has 0 saturated carbocycles. The molecule has 1 unspecified atom stereocenters. The molecule has 1 N–H and O–H groups in total. The largest absolute Gasteiger partial charge is 0.345 e. The van der Waals surface area contributed by atoms with Gasteiger partial charge in [-0.05, 0) is 29.3 Å². The summed E-state index contributed by atoms with van der Waals surface area (Å²) in [6, 6.07) is 20.3. The van der Waals surface area contributed by atoms with Gasteiger partial charge in [-0.2, -0.15) is 4.31 Å². The molecule has 28 heavy (non-hydrogen) atoms. The predicted molar refractivity (Wildman–Crippen MR) is 113 cm³/mol. The lowest BCUT2D eigenvalue weighted by molar-refractivity contribution is 0.417. The third kappa shape index (κ3) is 3.26. The summed E-state index contributed by atoms with van der Waals surface area (Å²) in [6.45, 7) is 0. The molecule has 0 aliphatic rings. The SMILES string of the molecule is CN(C(c1ccccc1)c1ccccc1Br)S(=O)(=O)c1c[nH]c2ncccc12. The Bertz CT molecular complexity index is 1220. The van der Waals surface area contributed by atoms with Crippen molar-refractivity contribution in [2.75, 3.05) is 7.05 Å². The fourth-order valence-electron chi connectivity index (χ4n) is 3.36. The van der Waals surface area contributed by atoms with Crippen LogP contribution in [0, 0.1) is 0 Å². The van der Waals surface area contributed by atoms with Gasteiger partial charge in [-0.1, -0.05) is 64.5 Å². The van der Waals surface area contributed by atoms with Crippen molar-refractivity contribution in [1.82, 2.24) is 14.3 Å². The van der Waals surface area contributed by atoms with Crippen molar-refractivity contribution in [2.45, 2.75) is 10.9 Å². The number of pyridine rings is 1. The summed E-state index contributed by atoms with van der Waals surface area (Å²) < 4.78 is 29.4. The van der Waals surface area contributed by atoms with Crippen molar-refractivity contribution in [1.29, 1.82) is 0 Å². The van der Waals surface area contributed by atoms with E-state index in [0.717, 1.165) is 15.6 Å². The molecule has 0 fully saturated rings. The first-order valence-electron chi connectivity index (χ1n) is 8.69. The second kappa shape index (κ2) is 7.50. The molecule has 142 valence electrons. The Morgan fingerprint density at radius 3 is 2.46 bits per heavy atom. The number of halogens is 1. The van der Waals surface area contributed by atoms with Gasteiger partial charge in [0.25, 0.3) is 0 Å². The normalized spacial score (nSPS) is 13.1. The second-order valence-electron chi connectivity index (χ2n) is 6.41. The molecule has 0 spiro atoms. The number of nitrogens with zero attached hydrogens (tertiary/aromatic N) is 2. The van der Waals surface area contributed by atoms with E-state index in [0.29, 0.717) is 11.0 Å². The van der Waals surface area contributed by atoms with E-state index in [1.54, 1.807) is 25.4 Å². The summed E-state index contributed by atoms with van der Waals surface area (Å²) in [7, 11) is -2.18. The van der Waals surface area contributed by atoms with Gasteiger partial charge in [0, 0.05) is 29.3 Å². The first-order chi connectivity index (χ1) is 13.5. The Hall–Kier alpha value is -2.48. The molecule has 4 rings (SSSR count). The Morgan fingerprint density at radius 2 is 1.71 bits per heavy atom. The number of sulfonamides is 1. The highest BCUT2D eigenvalue weighted by Crippen LogP contribution is 2.36. The number of hydrogen-bond acceptors (Lipinski definition) is 3. The average Bonchev–Trinajstić information content (AvgIpc) is 3.15. The van der Waals surface area contributed by atoms with Crippen LogP contribution in [0.5, 0.6) is 0 Å². The average molecular weight is 456 g/mol. The minimum absolute atomic E-state index is 0.214. The molecule has 5 nitrogen and oxygen atoms in total. The molecular formula is C21H18BrN3O2S. The Labute approximate surface area is 172 Å². The maximum Gasteiger partial charge on any atom is 0.245 e. The summed E-state index contributed by atoms with van der Waals surface area (Å²) in [5.74, 6) is 0.